The zero-order chi connectivity index (χ0) is 14.4. The highest BCUT2D eigenvalue weighted by molar-refractivity contribution is 6.02. The molecule has 1 unspecified atom stereocenters. The van der Waals surface area contributed by atoms with Gasteiger partial charge in [0.15, 0.2) is 5.84 Å². The first kappa shape index (κ1) is 15.8. The van der Waals surface area contributed by atoms with E-state index in [1.807, 2.05) is 14.0 Å². The van der Waals surface area contributed by atoms with Crippen LogP contribution in [0.15, 0.2) is 5.16 Å². The number of oxime groups is 1. The third kappa shape index (κ3) is 3.83. The predicted octanol–water partition coefficient (Wildman–Crippen LogP) is 0.702. The van der Waals surface area contributed by atoms with Gasteiger partial charge in [0.05, 0.1) is 5.92 Å². The third-order valence-corrected chi connectivity index (χ3v) is 4.08. The smallest absolute Gasteiger partial charge is 0.233 e. The summed E-state index contributed by atoms with van der Waals surface area (Å²) >= 11 is 0. The molecule has 3 N–H and O–H groups in total. The van der Waals surface area contributed by atoms with Crippen molar-refractivity contribution < 1.29 is 10.0 Å². The second-order valence-electron chi connectivity index (χ2n) is 5.10. The maximum absolute atomic E-state index is 12.4. The number of hydrogen-bond donors (Lipinski definition) is 2. The van der Waals surface area contributed by atoms with Crippen molar-refractivity contribution in [1.82, 2.24) is 9.80 Å². The van der Waals surface area contributed by atoms with Crippen molar-refractivity contribution in [2.75, 3.05) is 26.7 Å². The summed E-state index contributed by atoms with van der Waals surface area (Å²) < 4.78 is 0. The number of piperidine rings is 1. The van der Waals surface area contributed by atoms with Gasteiger partial charge in [0.1, 0.15) is 0 Å². The fraction of sp³-hybridized carbons (Fsp3) is 0.846. The van der Waals surface area contributed by atoms with E-state index in [-0.39, 0.29) is 17.8 Å². The fourth-order valence-electron chi connectivity index (χ4n) is 2.63. The van der Waals surface area contributed by atoms with E-state index in [1.54, 1.807) is 4.90 Å². The standard InChI is InChI=1S/C13H26N4O2/c1-4-11(12(14)15-19)13(18)16(3)10-6-8-17(5-2)9-7-10/h10-11,19H,4-9H2,1-3H3,(H2,14,15). The molecule has 0 aromatic carbocycles. The molecule has 0 radical (unpaired) electrons. The SMILES string of the molecule is CCC(C(=O)N(C)C1CCN(CC)CC1)C(N)=NO. The molecule has 0 aromatic heterocycles. The van der Waals surface area contributed by atoms with E-state index in [1.165, 1.54) is 0 Å². The van der Waals surface area contributed by atoms with E-state index >= 15 is 0 Å². The molecule has 6 nitrogen and oxygen atoms in total. The van der Waals surface area contributed by atoms with Crippen molar-refractivity contribution in [3.8, 4) is 0 Å². The Bertz CT molecular complexity index is 325. The van der Waals surface area contributed by atoms with E-state index in [0.717, 1.165) is 32.5 Å². The minimum Gasteiger partial charge on any atom is -0.409 e. The minimum atomic E-state index is -0.515. The first-order valence-electron chi connectivity index (χ1n) is 7.01. The largest absolute Gasteiger partial charge is 0.409 e. The van der Waals surface area contributed by atoms with Gasteiger partial charge in [-0.25, -0.2) is 0 Å². The number of carbonyl (C=O) groups excluding carboxylic acids is 1. The van der Waals surface area contributed by atoms with Crippen LogP contribution >= 0.6 is 0 Å². The summed E-state index contributed by atoms with van der Waals surface area (Å²) in [5.41, 5.74) is 5.58. The number of nitrogens with two attached hydrogens (primary N) is 1. The number of amidine groups is 1. The molecule has 1 heterocycles. The Morgan fingerprint density at radius 2 is 2.05 bits per heavy atom. The molecule has 1 atom stereocenters. The summed E-state index contributed by atoms with van der Waals surface area (Å²) in [5, 5.41) is 11.7. The molecule has 1 saturated heterocycles. The summed E-state index contributed by atoms with van der Waals surface area (Å²) in [6.45, 7) is 7.14. The van der Waals surface area contributed by atoms with Gasteiger partial charge in [-0.2, -0.15) is 0 Å². The predicted molar refractivity (Wildman–Crippen MR) is 75.1 cm³/mol. The van der Waals surface area contributed by atoms with Crippen molar-refractivity contribution in [2.45, 2.75) is 39.2 Å². The molecule has 1 rings (SSSR count). The van der Waals surface area contributed by atoms with Crippen molar-refractivity contribution in [1.29, 1.82) is 0 Å². The van der Waals surface area contributed by atoms with Crippen LogP contribution in [0, 0.1) is 5.92 Å². The molecule has 1 aliphatic rings. The molecule has 1 aliphatic heterocycles. The van der Waals surface area contributed by atoms with Gasteiger partial charge in [-0.3, -0.25) is 4.79 Å². The van der Waals surface area contributed by atoms with Gasteiger partial charge < -0.3 is 20.7 Å². The molecule has 6 heteroatoms. The lowest BCUT2D eigenvalue weighted by atomic mass is 9.99. The topological polar surface area (TPSA) is 82.2 Å². The number of rotatable bonds is 5. The van der Waals surface area contributed by atoms with Gasteiger partial charge in [0, 0.05) is 26.2 Å². The molecule has 0 aromatic rings. The summed E-state index contributed by atoms with van der Waals surface area (Å²) in [6, 6.07) is 0.260. The number of hydrogen-bond acceptors (Lipinski definition) is 4. The summed E-state index contributed by atoms with van der Waals surface area (Å²) in [5.74, 6) is -0.558. The molecule has 1 amide bonds. The van der Waals surface area contributed by atoms with E-state index in [2.05, 4.69) is 17.0 Å². The van der Waals surface area contributed by atoms with E-state index in [0.29, 0.717) is 6.42 Å². The van der Waals surface area contributed by atoms with Crippen molar-refractivity contribution >= 4 is 11.7 Å². The zero-order valence-corrected chi connectivity index (χ0v) is 12.2. The fourth-order valence-corrected chi connectivity index (χ4v) is 2.63. The molecule has 19 heavy (non-hydrogen) atoms. The van der Waals surface area contributed by atoms with E-state index in [4.69, 9.17) is 10.9 Å². The Balaban J connectivity index is 2.62. The number of likely N-dealkylation sites (tertiary alicyclic amines) is 1. The van der Waals surface area contributed by atoms with Crippen LogP contribution in [0.4, 0.5) is 0 Å². The van der Waals surface area contributed by atoms with Gasteiger partial charge in [-0.05, 0) is 25.8 Å². The summed E-state index contributed by atoms with van der Waals surface area (Å²) in [6.07, 6.45) is 2.53. The first-order valence-corrected chi connectivity index (χ1v) is 7.01. The Morgan fingerprint density at radius 1 is 1.47 bits per heavy atom. The van der Waals surface area contributed by atoms with Gasteiger partial charge in [0.25, 0.3) is 0 Å². The Labute approximate surface area is 115 Å². The quantitative estimate of drug-likeness (QED) is 0.333. The van der Waals surface area contributed by atoms with Gasteiger partial charge in [0.2, 0.25) is 5.91 Å². The van der Waals surface area contributed by atoms with Crippen LogP contribution in [-0.4, -0.2) is 59.5 Å². The average molecular weight is 270 g/mol. The Morgan fingerprint density at radius 3 is 2.47 bits per heavy atom. The van der Waals surface area contributed by atoms with Crippen LogP contribution in [0.3, 0.4) is 0 Å². The maximum Gasteiger partial charge on any atom is 0.233 e. The monoisotopic (exact) mass is 270 g/mol. The summed E-state index contributed by atoms with van der Waals surface area (Å²) in [4.78, 5) is 16.5. The van der Waals surface area contributed by atoms with E-state index < -0.39 is 5.92 Å². The molecule has 0 aliphatic carbocycles. The van der Waals surface area contributed by atoms with Crippen LogP contribution in [0.25, 0.3) is 0 Å². The zero-order valence-electron chi connectivity index (χ0n) is 12.2. The molecule has 110 valence electrons. The molecular weight excluding hydrogens is 244 g/mol. The average Bonchev–Trinajstić information content (AvgIpc) is 2.46. The highest BCUT2D eigenvalue weighted by Crippen LogP contribution is 2.18. The Hall–Kier alpha value is -1.30. The van der Waals surface area contributed by atoms with E-state index in [9.17, 15) is 4.79 Å². The second-order valence-corrected chi connectivity index (χ2v) is 5.10. The first-order chi connectivity index (χ1) is 9.04. The molecular formula is C13H26N4O2. The lowest BCUT2D eigenvalue weighted by Crippen LogP contribution is -2.49. The Kier molecular flexibility index (Phi) is 6.08. The number of nitrogens with zero attached hydrogens (tertiary/aromatic N) is 3. The number of carbonyl (C=O) groups is 1. The highest BCUT2D eigenvalue weighted by atomic mass is 16.4. The van der Waals surface area contributed by atoms with Crippen molar-refractivity contribution in [3.05, 3.63) is 0 Å². The van der Waals surface area contributed by atoms with Crippen LogP contribution in [-0.2, 0) is 4.79 Å². The third-order valence-electron chi connectivity index (χ3n) is 4.08. The van der Waals surface area contributed by atoms with Gasteiger partial charge in [-0.15, -0.1) is 0 Å². The van der Waals surface area contributed by atoms with Crippen LogP contribution in [0.1, 0.15) is 33.1 Å². The summed E-state index contributed by atoms with van der Waals surface area (Å²) in [7, 11) is 1.82. The molecule has 0 bridgehead atoms. The molecule has 0 spiro atoms. The second kappa shape index (κ2) is 7.33. The lowest BCUT2D eigenvalue weighted by Gasteiger charge is -2.37. The van der Waals surface area contributed by atoms with Crippen molar-refractivity contribution in [2.24, 2.45) is 16.8 Å². The van der Waals surface area contributed by atoms with Crippen LogP contribution in [0.5, 0.6) is 0 Å². The minimum absolute atomic E-state index is 0.00495. The van der Waals surface area contributed by atoms with Crippen LogP contribution < -0.4 is 5.73 Å². The highest BCUT2D eigenvalue weighted by Gasteiger charge is 2.30. The van der Waals surface area contributed by atoms with Crippen molar-refractivity contribution in [3.63, 3.8) is 0 Å². The molecule has 1 fully saturated rings. The van der Waals surface area contributed by atoms with Gasteiger partial charge >= 0.3 is 0 Å². The van der Waals surface area contributed by atoms with Gasteiger partial charge in [-0.1, -0.05) is 19.0 Å². The normalized spacial score (nSPS) is 20.3. The lowest BCUT2D eigenvalue weighted by molar-refractivity contribution is -0.135. The number of amides is 1. The molecule has 0 saturated carbocycles. The van der Waals surface area contributed by atoms with Crippen LogP contribution in [0.2, 0.25) is 0 Å². The maximum atomic E-state index is 12.4.